The van der Waals surface area contributed by atoms with Gasteiger partial charge < -0.3 is 25.8 Å². The lowest BCUT2D eigenvalue weighted by Crippen LogP contribution is -2.40. The lowest BCUT2D eigenvalue weighted by atomic mass is 9.98. The Kier molecular flexibility index (Phi) is 11.7. The molecule has 14 heteroatoms. The van der Waals surface area contributed by atoms with E-state index in [-0.39, 0.29) is 35.8 Å². The number of ether oxygens (including phenoxy) is 2. The molecule has 0 unspecified atom stereocenters. The number of carbonyl (C=O) groups excluding carboxylic acids is 4. The Morgan fingerprint density at radius 2 is 1.62 bits per heavy atom. The number of hydrogen-bond donors (Lipinski definition) is 5. The number of rotatable bonds is 13. The van der Waals surface area contributed by atoms with E-state index < -0.39 is 52.0 Å². The summed E-state index contributed by atoms with van der Waals surface area (Å²) in [6.07, 6.45) is 0.152. The molecule has 2 aromatic carbocycles. The van der Waals surface area contributed by atoms with Gasteiger partial charge in [0.2, 0.25) is 22.7 Å². The number of nitrogens with one attached hydrogen (secondary N) is 4. The Morgan fingerprint density at radius 3 is 2.19 bits per heavy atom. The van der Waals surface area contributed by atoms with Crippen molar-refractivity contribution in [3.05, 3.63) is 59.2 Å². The topological polar surface area (TPSA) is 207 Å². The molecule has 0 heterocycles. The molecule has 0 aliphatic carbocycles. The van der Waals surface area contributed by atoms with E-state index in [1.165, 1.54) is 31.2 Å². The Bertz CT molecular complexity index is 1430. The Labute approximate surface area is 245 Å². The normalized spacial score (nSPS) is 12.1. The minimum Gasteiger partial charge on any atom is -0.427 e. The molecule has 0 bridgehead atoms. The van der Waals surface area contributed by atoms with Gasteiger partial charge in [-0.05, 0) is 63.9 Å². The van der Waals surface area contributed by atoms with Crippen molar-refractivity contribution in [1.82, 2.24) is 10.0 Å². The number of nitrogens with two attached hydrogens (primary N) is 1. The lowest BCUT2D eigenvalue weighted by Gasteiger charge is -2.19. The van der Waals surface area contributed by atoms with Gasteiger partial charge in [-0.25, -0.2) is 8.42 Å². The SMILES string of the molecule is CCc1c(NC(=O)CCNC(=O)c2ccc(C(=N)N)cc2)cccc1S(=O)(=O)N[C@@H](C)C(=O)OCOC(=O)C(C)(C)C. The largest absolute Gasteiger partial charge is 0.427 e. The van der Waals surface area contributed by atoms with E-state index in [0.717, 1.165) is 0 Å². The second kappa shape index (κ2) is 14.5. The molecule has 6 N–H and O–H groups in total. The highest BCUT2D eigenvalue weighted by Crippen LogP contribution is 2.25. The monoisotopic (exact) mass is 603 g/mol. The quantitative estimate of drug-likeness (QED) is 0.0981. The number of anilines is 1. The first-order valence-corrected chi connectivity index (χ1v) is 14.6. The van der Waals surface area contributed by atoms with Crippen molar-refractivity contribution < 1.29 is 37.1 Å². The maximum Gasteiger partial charge on any atom is 0.326 e. The van der Waals surface area contributed by atoms with Crippen molar-refractivity contribution in [3.63, 3.8) is 0 Å². The van der Waals surface area contributed by atoms with Crippen LogP contribution in [0.1, 0.15) is 62.5 Å². The van der Waals surface area contributed by atoms with Crippen molar-refractivity contribution in [2.45, 2.75) is 58.4 Å². The summed E-state index contributed by atoms with van der Waals surface area (Å²) in [7, 11) is -4.23. The number of esters is 2. The first-order valence-electron chi connectivity index (χ1n) is 13.1. The average molecular weight is 604 g/mol. The van der Waals surface area contributed by atoms with Gasteiger partial charge in [0, 0.05) is 29.8 Å². The maximum atomic E-state index is 13.1. The number of carbonyl (C=O) groups is 4. The van der Waals surface area contributed by atoms with E-state index in [1.807, 2.05) is 0 Å². The smallest absolute Gasteiger partial charge is 0.326 e. The van der Waals surface area contributed by atoms with Crippen molar-refractivity contribution in [2.75, 3.05) is 18.7 Å². The number of amidine groups is 1. The molecule has 0 spiro atoms. The third-order valence-electron chi connectivity index (χ3n) is 5.83. The molecule has 42 heavy (non-hydrogen) atoms. The van der Waals surface area contributed by atoms with Gasteiger partial charge in [-0.15, -0.1) is 0 Å². The van der Waals surface area contributed by atoms with Crippen LogP contribution < -0.4 is 21.1 Å². The second-order valence-corrected chi connectivity index (χ2v) is 12.0. The molecule has 0 fully saturated rings. The van der Waals surface area contributed by atoms with Crippen LogP contribution in [0.4, 0.5) is 5.69 Å². The number of sulfonamides is 1. The van der Waals surface area contributed by atoms with Crippen LogP contribution in [0.2, 0.25) is 0 Å². The van der Waals surface area contributed by atoms with Crippen molar-refractivity contribution in [1.29, 1.82) is 5.41 Å². The van der Waals surface area contributed by atoms with Crippen LogP contribution in [0.25, 0.3) is 0 Å². The third-order valence-corrected chi connectivity index (χ3v) is 7.46. The van der Waals surface area contributed by atoms with Gasteiger partial charge >= 0.3 is 11.9 Å². The summed E-state index contributed by atoms with van der Waals surface area (Å²) in [5.41, 5.74) is 6.00. The number of amides is 2. The average Bonchev–Trinajstić information content (AvgIpc) is 2.91. The minimum absolute atomic E-state index is 0.0187. The zero-order valence-corrected chi connectivity index (χ0v) is 25.0. The van der Waals surface area contributed by atoms with Crippen LogP contribution in [-0.2, 0) is 40.3 Å². The van der Waals surface area contributed by atoms with Gasteiger partial charge in [-0.3, -0.25) is 24.6 Å². The summed E-state index contributed by atoms with van der Waals surface area (Å²) in [5, 5.41) is 12.7. The fourth-order valence-electron chi connectivity index (χ4n) is 3.53. The van der Waals surface area contributed by atoms with E-state index in [0.29, 0.717) is 16.7 Å². The molecular weight excluding hydrogens is 566 g/mol. The van der Waals surface area contributed by atoms with E-state index >= 15 is 0 Å². The number of benzene rings is 2. The molecule has 0 saturated carbocycles. The number of nitrogen functional groups attached to an aromatic ring is 1. The molecule has 2 amide bonds. The Balaban J connectivity index is 1.99. The summed E-state index contributed by atoms with van der Waals surface area (Å²) in [5.74, 6) is -2.52. The standard InChI is InChI=1S/C28H37N5O8S/c1-6-20-21(32-23(34)14-15-31-25(35)19-12-10-18(11-13-19)24(29)30)8-7-9-22(20)42(38,39)33-17(2)26(36)40-16-41-27(37)28(3,4)5/h7-13,17,33H,6,14-16H2,1-5H3,(H3,29,30)(H,31,35)(H,32,34)/t17-/m0/s1. The Hall–Kier alpha value is -4.30. The van der Waals surface area contributed by atoms with Gasteiger partial charge in [-0.1, -0.05) is 25.1 Å². The molecule has 0 aliphatic rings. The van der Waals surface area contributed by atoms with Gasteiger partial charge in [0.1, 0.15) is 11.9 Å². The van der Waals surface area contributed by atoms with Crippen LogP contribution in [0.3, 0.4) is 0 Å². The molecular formula is C28H37N5O8S. The highest BCUT2D eigenvalue weighted by Gasteiger charge is 2.27. The number of hydrogen-bond acceptors (Lipinski definition) is 9. The maximum absolute atomic E-state index is 13.1. The zero-order valence-electron chi connectivity index (χ0n) is 24.2. The van der Waals surface area contributed by atoms with E-state index in [4.69, 9.17) is 20.6 Å². The van der Waals surface area contributed by atoms with Gasteiger partial charge in [0.05, 0.1) is 10.3 Å². The molecule has 0 aliphatic heterocycles. The predicted octanol–water partition coefficient (Wildman–Crippen LogP) is 2.05. The first-order chi connectivity index (χ1) is 19.6. The fourth-order valence-corrected chi connectivity index (χ4v) is 5.06. The fraction of sp³-hybridized carbons (Fsp3) is 0.393. The summed E-state index contributed by atoms with van der Waals surface area (Å²) < 4.78 is 38.3. The molecule has 2 rings (SSSR count). The third kappa shape index (κ3) is 9.66. The predicted molar refractivity (Wildman–Crippen MR) is 155 cm³/mol. The van der Waals surface area contributed by atoms with E-state index in [1.54, 1.807) is 45.9 Å². The Morgan fingerprint density at radius 1 is 1.00 bits per heavy atom. The molecule has 1 atom stereocenters. The van der Waals surface area contributed by atoms with Crippen LogP contribution in [0, 0.1) is 10.8 Å². The van der Waals surface area contributed by atoms with E-state index in [9.17, 15) is 27.6 Å². The molecule has 0 saturated heterocycles. The highest BCUT2D eigenvalue weighted by atomic mass is 32.2. The summed E-state index contributed by atoms with van der Waals surface area (Å²) in [4.78, 5) is 48.9. The second-order valence-electron chi connectivity index (χ2n) is 10.3. The van der Waals surface area contributed by atoms with Crippen molar-refractivity contribution in [3.8, 4) is 0 Å². The van der Waals surface area contributed by atoms with Crippen LogP contribution >= 0.6 is 0 Å². The van der Waals surface area contributed by atoms with Crippen molar-refractivity contribution in [2.24, 2.45) is 11.1 Å². The van der Waals surface area contributed by atoms with Crippen LogP contribution in [0.5, 0.6) is 0 Å². The summed E-state index contributed by atoms with van der Waals surface area (Å²) in [6.45, 7) is 7.25. The molecule has 13 nitrogen and oxygen atoms in total. The van der Waals surface area contributed by atoms with Crippen molar-refractivity contribution >= 4 is 45.3 Å². The van der Waals surface area contributed by atoms with Gasteiger partial charge in [0.25, 0.3) is 5.91 Å². The van der Waals surface area contributed by atoms with Gasteiger partial charge in [0.15, 0.2) is 0 Å². The summed E-state index contributed by atoms with van der Waals surface area (Å²) >= 11 is 0. The van der Waals surface area contributed by atoms with E-state index in [2.05, 4.69) is 15.4 Å². The molecule has 0 radical (unpaired) electrons. The summed E-state index contributed by atoms with van der Waals surface area (Å²) in [6, 6.07) is 9.16. The van der Waals surface area contributed by atoms with Crippen LogP contribution in [-0.4, -0.2) is 57.4 Å². The van der Waals surface area contributed by atoms with Crippen LogP contribution in [0.15, 0.2) is 47.4 Å². The lowest BCUT2D eigenvalue weighted by molar-refractivity contribution is -0.173. The zero-order chi connectivity index (χ0) is 31.7. The highest BCUT2D eigenvalue weighted by molar-refractivity contribution is 7.89. The molecule has 228 valence electrons. The first kappa shape index (κ1) is 33.9. The molecule has 2 aromatic rings. The molecule has 0 aromatic heterocycles. The minimum atomic E-state index is -4.23. The van der Waals surface area contributed by atoms with Gasteiger partial charge in [-0.2, -0.15) is 4.72 Å².